The van der Waals surface area contributed by atoms with Gasteiger partial charge in [0.15, 0.2) is 0 Å². The Hall–Kier alpha value is -2.00. The number of hydrogen-bond acceptors (Lipinski definition) is 2. The van der Waals surface area contributed by atoms with E-state index in [0.29, 0.717) is 12.8 Å². The molecule has 1 saturated heterocycles. The highest BCUT2D eigenvalue weighted by atomic mass is 35.5. The summed E-state index contributed by atoms with van der Waals surface area (Å²) >= 11 is 6.18. The van der Waals surface area contributed by atoms with Gasteiger partial charge in [-0.2, -0.15) is 0 Å². The van der Waals surface area contributed by atoms with Gasteiger partial charge in [-0.05, 0) is 48.6 Å². The van der Waals surface area contributed by atoms with Crippen molar-refractivity contribution >= 4 is 17.5 Å². The second-order valence-corrected chi connectivity index (χ2v) is 6.52. The van der Waals surface area contributed by atoms with Gasteiger partial charge in [0.2, 0.25) is 5.91 Å². The first kappa shape index (κ1) is 16.8. The van der Waals surface area contributed by atoms with Crippen molar-refractivity contribution in [2.45, 2.75) is 31.7 Å². The number of rotatable bonds is 5. The summed E-state index contributed by atoms with van der Waals surface area (Å²) in [6.45, 7) is 0.831. The van der Waals surface area contributed by atoms with E-state index in [1.165, 1.54) is 5.56 Å². The van der Waals surface area contributed by atoms with Crippen molar-refractivity contribution < 1.29 is 9.53 Å². The molecule has 1 heterocycles. The number of amides is 1. The van der Waals surface area contributed by atoms with Crippen LogP contribution < -0.4 is 4.74 Å². The molecule has 126 valence electrons. The number of carbonyl (C=O) groups is 1. The van der Waals surface area contributed by atoms with Crippen molar-refractivity contribution in [1.29, 1.82) is 0 Å². The molecule has 1 atom stereocenters. The molecule has 0 N–H and O–H groups in total. The topological polar surface area (TPSA) is 29.5 Å². The van der Waals surface area contributed by atoms with Crippen molar-refractivity contribution in [3.05, 3.63) is 64.7 Å². The molecule has 0 aromatic heterocycles. The first-order chi connectivity index (χ1) is 11.7. The molecule has 0 bridgehead atoms. The van der Waals surface area contributed by atoms with Gasteiger partial charge in [0.1, 0.15) is 5.75 Å². The highest BCUT2D eigenvalue weighted by molar-refractivity contribution is 6.31. The van der Waals surface area contributed by atoms with Crippen LogP contribution in [0.2, 0.25) is 5.02 Å². The largest absolute Gasteiger partial charge is 0.497 e. The first-order valence-corrected chi connectivity index (χ1v) is 8.73. The van der Waals surface area contributed by atoms with E-state index >= 15 is 0 Å². The quantitative estimate of drug-likeness (QED) is 0.791. The van der Waals surface area contributed by atoms with Gasteiger partial charge in [-0.15, -0.1) is 0 Å². The van der Waals surface area contributed by atoms with E-state index in [1.54, 1.807) is 7.11 Å². The van der Waals surface area contributed by atoms with E-state index in [0.717, 1.165) is 35.7 Å². The van der Waals surface area contributed by atoms with Crippen molar-refractivity contribution in [1.82, 2.24) is 4.90 Å². The molecular weight excluding hydrogens is 322 g/mol. The molecule has 24 heavy (non-hydrogen) atoms. The lowest BCUT2D eigenvalue weighted by Crippen LogP contribution is -2.30. The van der Waals surface area contributed by atoms with E-state index in [9.17, 15) is 4.79 Å². The summed E-state index contributed by atoms with van der Waals surface area (Å²) in [6.07, 6.45) is 3.25. The fourth-order valence-corrected chi connectivity index (χ4v) is 3.55. The zero-order valence-electron chi connectivity index (χ0n) is 13.9. The van der Waals surface area contributed by atoms with Gasteiger partial charge in [0, 0.05) is 18.0 Å². The summed E-state index contributed by atoms with van der Waals surface area (Å²) in [5, 5.41) is 0.735. The molecule has 1 unspecified atom stereocenters. The van der Waals surface area contributed by atoms with Crippen molar-refractivity contribution in [3.8, 4) is 5.75 Å². The lowest BCUT2D eigenvalue weighted by Gasteiger charge is -2.25. The number of methoxy groups -OCH3 is 1. The van der Waals surface area contributed by atoms with E-state index in [1.807, 2.05) is 41.3 Å². The van der Waals surface area contributed by atoms with Gasteiger partial charge in [0.25, 0.3) is 0 Å². The third-order valence-electron chi connectivity index (χ3n) is 4.64. The summed E-state index contributed by atoms with van der Waals surface area (Å²) in [5.74, 6) is 1.04. The molecule has 0 saturated carbocycles. The van der Waals surface area contributed by atoms with Gasteiger partial charge in [-0.25, -0.2) is 0 Å². The smallest absolute Gasteiger partial charge is 0.223 e. The van der Waals surface area contributed by atoms with Gasteiger partial charge >= 0.3 is 0 Å². The predicted octanol–water partition coefficient (Wildman–Crippen LogP) is 4.64. The summed E-state index contributed by atoms with van der Waals surface area (Å²) in [5.41, 5.74) is 2.21. The molecule has 1 fully saturated rings. The van der Waals surface area contributed by atoms with Crippen LogP contribution in [0, 0.1) is 0 Å². The summed E-state index contributed by atoms with van der Waals surface area (Å²) in [6, 6.07) is 15.9. The molecule has 0 radical (unpaired) electrons. The van der Waals surface area contributed by atoms with E-state index < -0.39 is 0 Å². The zero-order chi connectivity index (χ0) is 16.9. The fourth-order valence-electron chi connectivity index (χ4n) is 3.32. The molecule has 0 spiro atoms. The minimum Gasteiger partial charge on any atom is -0.497 e. The van der Waals surface area contributed by atoms with Gasteiger partial charge < -0.3 is 9.64 Å². The maximum atomic E-state index is 12.7. The minimum atomic E-state index is 0.176. The van der Waals surface area contributed by atoms with Crippen molar-refractivity contribution in [2.24, 2.45) is 0 Å². The summed E-state index contributed by atoms with van der Waals surface area (Å²) in [4.78, 5) is 14.7. The summed E-state index contributed by atoms with van der Waals surface area (Å²) < 4.78 is 5.21. The molecular formula is C20H22ClNO2. The Morgan fingerprint density at radius 3 is 2.67 bits per heavy atom. The monoisotopic (exact) mass is 343 g/mol. The van der Waals surface area contributed by atoms with Crippen LogP contribution in [-0.4, -0.2) is 24.5 Å². The SMILES string of the molecule is COc1ccc(C2CCCN2C(=O)CCc2ccccc2Cl)cc1. The van der Waals surface area contributed by atoms with E-state index in [-0.39, 0.29) is 11.9 Å². The normalized spacial score (nSPS) is 17.1. The molecule has 1 aliphatic rings. The average Bonchev–Trinajstić information content (AvgIpc) is 3.10. The number of hydrogen-bond donors (Lipinski definition) is 0. The Morgan fingerprint density at radius 1 is 1.21 bits per heavy atom. The Labute approximate surface area is 148 Å². The predicted molar refractivity (Wildman–Crippen MR) is 96.5 cm³/mol. The van der Waals surface area contributed by atoms with Gasteiger partial charge in [0.05, 0.1) is 13.2 Å². The number of ether oxygens (including phenoxy) is 1. The summed E-state index contributed by atoms with van der Waals surface area (Å²) in [7, 11) is 1.66. The van der Waals surface area contributed by atoms with E-state index in [4.69, 9.17) is 16.3 Å². The lowest BCUT2D eigenvalue weighted by atomic mass is 10.0. The van der Waals surface area contributed by atoms with E-state index in [2.05, 4.69) is 12.1 Å². The molecule has 2 aromatic carbocycles. The first-order valence-electron chi connectivity index (χ1n) is 8.36. The molecule has 3 rings (SSSR count). The molecule has 2 aromatic rings. The Morgan fingerprint density at radius 2 is 1.96 bits per heavy atom. The molecule has 1 aliphatic heterocycles. The molecule has 3 nitrogen and oxygen atoms in total. The second-order valence-electron chi connectivity index (χ2n) is 6.11. The Kier molecular flexibility index (Phi) is 5.41. The number of aryl methyl sites for hydroxylation is 1. The number of benzene rings is 2. The third kappa shape index (κ3) is 3.73. The Bertz CT molecular complexity index is 699. The average molecular weight is 344 g/mol. The van der Waals surface area contributed by atoms with Crippen LogP contribution in [0.25, 0.3) is 0 Å². The second kappa shape index (κ2) is 7.71. The molecule has 4 heteroatoms. The van der Waals surface area contributed by atoms with Gasteiger partial charge in [-0.3, -0.25) is 4.79 Å². The fraction of sp³-hybridized carbons (Fsp3) is 0.350. The standard InChI is InChI=1S/C20H22ClNO2/c1-24-17-11-8-16(9-12-17)19-7-4-14-22(19)20(23)13-10-15-5-2-3-6-18(15)21/h2-3,5-6,8-9,11-12,19H,4,7,10,13-14H2,1H3. The van der Waals surface area contributed by atoms with Crippen molar-refractivity contribution in [2.75, 3.05) is 13.7 Å². The van der Waals surface area contributed by atoms with Crippen LogP contribution >= 0.6 is 11.6 Å². The highest BCUT2D eigenvalue weighted by Gasteiger charge is 2.29. The number of halogens is 1. The van der Waals surface area contributed by atoms with Crippen LogP contribution in [0.3, 0.4) is 0 Å². The number of carbonyl (C=O) groups excluding carboxylic acids is 1. The number of nitrogens with zero attached hydrogens (tertiary/aromatic N) is 1. The van der Waals surface area contributed by atoms with Crippen molar-refractivity contribution in [3.63, 3.8) is 0 Å². The molecule has 0 aliphatic carbocycles. The maximum Gasteiger partial charge on any atom is 0.223 e. The Balaban J connectivity index is 1.66. The van der Waals surface area contributed by atoms with Crippen LogP contribution in [0.5, 0.6) is 5.75 Å². The highest BCUT2D eigenvalue weighted by Crippen LogP contribution is 2.33. The van der Waals surface area contributed by atoms with Crippen LogP contribution in [0.15, 0.2) is 48.5 Å². The van der Waals surface area contributed by atoms with Gasteiger partial charge in [-0.1, -0.05) is 41.9 Å². The lowest BCUT2D eigenvalue weighted by molar-refractivity contribution is -0.132. The minimum absolute atomic E-state index is 0.176. The van der Waals surface area contributed by atoms with Crippen LogP contribution in [-0.2, 0) is 11.2 Å². The number of likely N-dealkylation sites (tertiary alicyclic amines) is 1. The third-order valence-corrected chi connectivity index (χ3v) is 5.01. The maximum absolute atomic E-state index is 12.7. The van der Waals surface area contributed by atoms with Crippen LogP contribution in [0.1, 0.15) is 36.4 Å². The molecule has 1 amide bonds. The van der Waals surface area contributed by atoms with Crippen LogP contribution in [0.4, 0.5) is 0 Å². The zero-order valence-corrected chi connectivity index (χ0v) is 14.6.